The van der Waals surface area contributed by atoms with Gasteiger partial charge < -0.3 is 15.3 Å². The Labute approximate surface area is 146 Å². The molecule has 5 nitrogen and oxygen atoms in total. The molecule has 25 heavy (non-hydrogen) atoms. The zero-order valence-corrected chi connectivity index (χ0v) is 14.0. The molecule has 0 bridgehead atoms. The summed E-state index contributed by atoms with van der Waals surface area (Å²) in [7, 11) is 0. The molecule has 1 saturated heterocycles. The highest BCUT2D eigenvalue weighted by Crippen LogP contribution is 2.20. The predicted octanol–water partition coefficient (Wildman–Crippen LogP) is 2.99. The molecule has 1 aliphatic heterocycles. The van der Waals surface area contributed by atoms with Crippen LogP contribution < -0.4 is 5.32 Å². The number of hydrogen-bond donors (Lipinski definition) is 2. The number of rotatable bonds is 5. The van der Waals surface area contributed by atoms with Crippen LogP contribution in [0.25, 0.3) is 0 Å². The van der Waals surface area contributed by atoms with Crippen molar-refractivity contribution in [3.05, 3.63) is 59.5 Å². The minimum absolute atomic E-state index is 0.0356. The Morgan fingerprint density at radius 2 is 1.92 bits per heavy atom. The van der Waals surface area contributed by atoms with Gasteiger partial charge in [0.05, 0.1) is 11.7 Å². The zero-order chi connectivity index (χ0) is 17.6. The van der Waals surface area contributed by atoms with Gasteiger partial charge in [0.15, 0.2) is 0 Å². The number of amides is 1. The van der Waals surface area contributed by atoms with E-state index in [4.69, 9.17) is 0 Å². The number of piperidine rings is 1. The van der Waals surface area contributed by atoms with Crippen molar-refractivity contribution in [3.63, 3.8) is 0 Å². The van der Waals surface area contributed by atoms with E-state index in [2.05, 4.69) is 10.3 Å². The molecule has 1 unspecified atom stereocenters. The van der Waals surface area contributed by atoms with Gasteiger partial charge >= 0.3 is 0 Å². The summed E-state index contributed by atoms with van der Waals surface area (Å²) < 4.78 is 13.0. The Morgan fingerprint density at radius 3 is 2.64 bits per heavy atom. The van der Waals surface area contributed by atoms with E-state index in [0.717, 1.165) is 32.4 Å². The minimum atomic E-state index is -0.819. The first-order valence-electron chi connectivity index (χ1n) is 8.57. The van der Waals surface area contributed by atoms with Gasteiger partial charge in [-0.2, -0.15) is 0 Å². The Balaban J connectivity index is 1.68. The van der Waals surface area contributed by atoms with E-state index >= 15 is 0 Å². The summed E-state index contributed by atoms with van der Waals surface area (Å²) in [6, 6.07) is 9.18. The van der Waals surface area contributed by atoms with Crippen LogP contribution in [-0.4, -0.2) is 40.5 Å². The van der Waals surface area contributed by atoms with Gasteiger partial charge in [-0.05, 0) is 49.1 Å². The van der Waals surface area contributed by atoms with Crippen LogP contribution in [0.4, 0.5) is 10.2 Å². The van der Waals surface area contributed by atoms with E-state index in [1.165, 1.54) is 12.1 Å². The highest BCUT2D eigenvalue weighted by Gasteiger charge is 2.21. The van der Waals surface area contributed by atoms with Crippen molar-refractivity contribution in [2.24, 2.45) is 0 Å². The third-order valence-corrected chi connectivity index (χ3v) is 4.40. The summed E-state index contributed by atoms with van der Waals surface area (Å²) in [5.41, 5.74) is 1.12. The quantitative estimate of drug-likeness (QED) is 0.876. The van der Waals surface area contributed by atoms with E-state index in [9.17, 15) is 14.3 Å². The highest BCUT2D eigenvalue weighted by atomic mass is 19.1. The molecule has 0 aliphatic carbocycles. The maximum Gasteiger partial charge on any atom is 0.257 e. The molecule has 1 fully saturated rings. The van der Waals surface area contributed by atoms with Gasteiger partial charge in [0.2, 0.25) is 0 Å². The van der Waals surface area contributed by atoms with E-state index in [1.54, 1.807) is 30.5 Å². The number of likely N-dealkylation sites (tertiary alicyclic amines) is 1. The minimum Gasteiger partial charge on any atom is -0.387 e. The van der Waals surface area contributed by atoms with Crippen molar-refractivity contribution in [1.29, 1.82) is 0 Å². The molecule has 6 heteroatoms. The number of pyridine rings is 1. The molecule has 2 aromatic rings. The summed E-state index contributed by atoms with van der Waals surface area (Å²) in [5.74, 6) is 0.0776. The monoisotopic (exact) mass is 343 g/mol. The summed E-state index contributed by atoms with van der Waals surface area (Å²) >= 11 is 0. The molecule has 0 saturated carbocycles. The maximum atomic E-state index is 13.0. The number of aromatic nitrogens is 1. The Kier molecular flexibility index (Phi) is 5.60. The van der Waals surface area contributed by atoms with Crippen LogP contribution in [0.3, 0.4) is 0 Å². The lowest BCUT2D eigenvalue weighted by atomic mass is 10.1. The van der Waals surface area contributed by atoms with Crippen molar-refractivity contribution >= 4 is 11.7 Å². The average molecular weight is 343 g/mol. The third kappa shape index (κ3) is 4.33. The molecule has 1 aliphatic rings. The molecule has 0 radical (unpaired) electrons. The highest BCUT2D eigenvalue weighted by molar-refractivity contribution is 5.98. The smallest absolute Gasteiger partial charge is 0.257 e. The molecular formula is C19H22FN3O2. The number of carbonyl (C=O) groups excluding carboxylic acids is 1. The van der Waals surface area contributed by atoms with E-state index in [0.29, 0.717) is 16.9 Å². The number of hydrogen-bond acceptors (Lipinski definition) is 4. The summed E-state index contributed by atoms with van der Waals surface area (Å²) in [6.45, 7) is 1.72. The van der Waals surface area contributed by atoms with Gasteiger partial charge in [0.1, 0.15) is 11.6 Å². The van der Waals surface area contributed by atoms with E-state index < -0.39 is 6.10 Å². The van der Waals surface area contributed by atoms with Crippen molar-refractivity contribution in [1.82, 2.24) is 9.88 Å². The molecule has 2 N–H and O–H groups in total. The average Bonchev–Trinajstić information content (AvgIpc) is 2.67. The van der Waals surface area contributed by atoms with Crippen LogP contribution in [0, 0.1) is 5.82 Å². The largest absolute Gasteiger partial charge is 0.387 e. The van der Waals surface area contributed by atoms with Crippen LogP contribution in [0.2, 0.25) is 0 Å². The number of nitrogens with one attached hydrogen (secondary N) is 1. The van der Waals surface area contributed by atoms with Crippen LogP contribution in [0.15, 0.2) is 42.6 Å². The second-order valence-corrected chi connectivity index (χ2v) is 6.20. The molecule has 1 aromatic heterocycles. The Bertz CT molecular complexity index is 715. The molecule has 1 amide bonds. The molecule has 1 atom stereocenters. The van der Waals surface area contributed by atoms with Gasteiger partial charge in [-0.3, -0.25) is 4.79 Å². The predicted molar refractivity (Wildman–Crippen MR) is 93.8 cm³/mol. The van der Waals surface area contributed by atoms with Gasteiger partial charge in [0, 0.05) is 25.8 Å². The molecule has 132 valence electrons. The SMILES string of the molecule is O=C(c1cccnc1NCC(O)c1ccc(F)cc1)N1CCCCC1. The second kappa shape index (κ2) is 8.07. The number of aliphatic hydroxyl groups is 1. The number of nitrogens with zero attached hydrogens (tertiary/aromatic N) is 2. The van der Waals surface area contributed by atoms with E-state index in [-0.39, 0.29) is 18.3 Å². The lowest BCUT2D eigenvalue weighted by molar-refractivity contribution is 0.0724. The van der Waals surface area contributed by atoms with Crippen LogP contribution in [-0.2, 0) is 0 Å². The van der Waals surface area contributed by atoms with E-state index in [1.807, 2.05) is 4.90 Å². The molecule has 1 aromatic carbocycles. The first-order valence-corrected chi connectivity index (χ1v) is 8.57. The van der Waals surface area contributed by atoms with Crippen molar-refractivity contribution in [2.45, 2.75) is 25.4 Å². The topological polar surface area (TPSA) is 65.5 Å². The normalized spacial score (nSPS) is 15.7. The maximum absolute atomic E-state index is 13.0. The lowest BCUT2D eigenvalue weighted by Crippen LogP contribution is -2.36. The number of aliphatic hydroxyl groups excluding tert-OH is 1. The van der Waals surface area contributed by atoms with Gasteiger partial charge in [-0.25, -0.2) is 9.37 Å². The number of anilines is 1. The van der Waals surface area contributed by atoms with Gasteiger partial charge in [-0.15, -0.1) is 0 Å². The first-order chi connectivity index (χ1) is 12.1. The number of carbonyl (C=O) groups is 1. The fourth-order valence-electron chi connectivity index (χ4n) is 2.98. The third-order valence-electron chi connectivity index (χ3n) is 4.40. The van der Waals surface area contributed by atoms with Crippen LogP contribution in [0.1, 0.15) is 41.3 Å². The number of halogens is 1. The summed E-state index contributed by atoms with van der Waals surface area (Å²) in [5, 5.41) is 13.3. The van der Waals surface area contributed by atoms with Gasteiger partial charge in [0.25, 0.3) is 5.91 Å². The molecule has 0 spiro atoms. The van der Waals surface area contributed by atoms with Crippen LogP contribution in [0.5, 0.6) is 0 Å². The fourth-order valence-corrected chi connectivity index (χ4v) is 2.98. The molecular weight excluding hydrogens is 321 g/mol. The fraction of sp³-hybridized carbons (Fsp3) is 0.368. The molecule has 2 heterocycles. The Morgan fingerprint density at radius 1 is 1.20 bits per heavy atom. The first kappa shape index (κ1) is 17.4. The van der Waals surface area contributed by atoms with Crippen LogP contribution >= 0.6 is 0 Å². The van der Waals surface area contributed by atoms with Crippen molar-refractivity contribution < 1.29 is 14.3 Å². The summed E-state index contributed by atoms with van der Waals surface area (Å²) in [6.07, 6.45) is 4.00. The van der Waals surface area contributed by atoms with Gasteiger partial charge in [-0.1, -0.05) is 12.1 Å². The molecule has 3 rings (SSSR count). The second-order valence-electron chi connectivity index (χ2n) is 6.20. The van der Waals surface area contributed by atoms with Crippen molar-refractivity contribution in [2.75, 3.05) is 25.0 Å². The van der Waals surface area contributed by atoms with Crippen molar-refractivity contribution in [3.8, 4) is 0 Å². The zero-order valence-electron chi connectivity index (χ0n) is 14.0. The number of benzene rings is 1. The summed E-state index contributed by atoms with van der Waals surface area (Å²) in [4.78, 5) is 18.8. The standard InChI is InChI=1S/C19H22FN3O2/c20-15-8-6-14(7-9-15)17(24)13-22-18-16(5-4-10-21-18)19(25)23-11-2-1-3-12-23/h4-10,17,24H,1-3,11-13H2,(H,21,22). The lowest BCUT2D eigenvalue weighted by Gasteiger charge is -2.27. The Hall–Kier alpha value is -2.47.